The summed E-state index contributed by atoms with van der Waals surface area (Å²) in [6.45, 7) is 2.78. The minimum absolute atomic E-state index is 0.777. The first-order valence-corrected chi connectivity index (χ1v) is 4.47. The molecule has 0 aromatic carbocycles. The van der Waals surface area contributed by atoms with Gasteiger partial charge in [-0.25, -0.2) is 0 Å². The molecule has 5 heteroatoms. The number of anilines is 1. The third-order valence-corrected chi connectivity index (χ3v) is 2.10. The highest BCUT2D eigenvalue weighted by molar-refractivity contribution is 5.38. The maximum absolute atomic E-state index is 4.26. The quantitative estimate of drug-likeness (QED) is 0.762. The zero-order chi connectivity index (χ0) is 9.97. The number of nitrogens with zero attached hydrogens (tertiary/aromatic N) is 3. The standard InChI is InChI=1S/C9H13N5/c1-7-8(6-14(2)13-7)3-10-9-4-11-12-5-9/h4-6,10H,3H2,1-2H3,(H,11,12). The fourth-order valence-electron chi connectivity index (χ4n) is 1.37. The van der Waals surface area contributed by atoms with Gasteiger partial charge in [-0.3, -0.25) is 9.78 Å². The second kappa shape index (κ2) is 3.53. The lowest BCUT2D eigenvalue weighted by molar-refractivity contribution is 0.756. The Morgan fingerprint density at radius 2 is 2.43 bits per heavy atom. The van der Waals surface area contributed by atoms with Crippen molar-refractivity contribution in [2.24, 2.45) is 7.05 Å². The number of hydrogen-bond donors (Lipinski definition) is 2. The molecule has 0 fully saturated rings. The molecule has 0 saturated carbocycles. The second-order valence-corrected chi connectivity index (χ2v) is 3.25. The van der Waals surface area contributed by atoms with Crippen molar-refractivity contribution >= 4 is 5.69 Å². The van der Waals surface area contributed by atoms with Gasteiger partial charge in [0, 0.05) is 31.5 Å². The molecule has 2 heterocycles. The van der Waals surface area contributed by atoms with E-state index in [-0.39, 0.29) is 0 Å². The topological polar surface area (TPSA) is 58.5 Å². The molecule has 74 valence electrons. The van der Waals surface area contributed by atoms with Crippen molar-refractivity contribution in [3.8, 4) is 0 Å². The van der Waals surface area contributed by atoms with Crippen LogP contribution in [-0.2, 0) is 13.6 Å². The molecule has 2 aromatic rings. The van der Waals surface area contributed by atoms with Gasteiger partial charge in [0.15, 0.2) is 0 Å². The predicted molar refractivity (Wildman–Crippen MR) is 53.9 cm³/mol. The van der Waals surface area contributed by atoms with Gasteiger partial charge in [0.05, 0.1) is 17.6 Å². The van der Waals surface area contributed by atoms with Gasteiger partial charge in [0.1, 0.15) is 0 Å². The smallest absolute Gasteiger partial charge is 0.0726 e. The molecule has 0 aliphatic heterocycles. The minimum Gasteiger partial charge on any atom is -0.378 e. The maximum Gasteiger partial charge on any atom is 0.0726 e. The Kier molecular flexibility index (Phi) is 2.22. The second-order valence-electron chi connectivity index (χ2n) is 3.25. The van der Waals surface area contributed by atoms with Crippen molar-refractivity contribution in [3.05, 3.63) is 29.8 Å². The molecule has 0 bridgehead atoms. The average Bonchev–Trinajstić information content (AvgIpc) is 2.72. The van der Waals surface area contributed by atoms with E-state index in [0.717, 1.165) is 17.9 Å². The molecular formula is C9H13N5. The van der Waals surface area contributed by atoms with Crippen molar-refractivity contribution in [1.29, 1.82) is 0 Å². The summed E-state index contributed by atoms with van der Waals surface area (Å²) < 4.78 is 1.82. The van der Waals surface area contributed by atoms with Crippen LogP contribution in [0.5, 0.6) is 0 Å². The summed E-state index contributed by atoms with van der Waals surface area (Å²) in [5.74, 6) is 0. The van der Waals surface area contributed by atoms with Gasteiger partial charge in [0.25, 0.3) is 0 Å². The first-order chi connectivity index (χ1) is 6.75. The minimum atomic E-state index is 0.777. The van der Waals surface area contributed by atoms with E-state index >= 15 is 0 Å². The molecule has 2 N–H and O–H groups in total. The molecule has 5 nitrogen and oxygen atoms in total. The fraction of sp³-hybridized carbons (Fsp3) is 0.333. The van der Waals surface area contributed by atoms with E-state index < -0.39 is 0 Å². The summed E-state index contributed by atoms with van der Waals surface area (Å²) >= 11 is 0. The third kappa shape index (κ3) is 1.76. The summed E-state index contributed by atoms with van der Waals surface area (Å²) in [6.07, 6.45) is 5.60. The lowest BCUT2D eigenvalue weighted by atomic mass is 10.2. The Morgan fingerprint density at radius 3 is 3.00 bits per heavy atom. The number of nitrogens with one attached hydrogen (secondary N) is 2. The maximum atomic E-state index is 4.26. The Bertz CT molecular complexity index is 401. The van der Waals surface area contributed by atoms with Crippen molar-refractivity contribution < 1.29 is 0 Å². The molecule has 2 rings (SSSR count). The van der Waals surface area contributed by atoms with Crippen LogP contribution < -0.4 is 5.32 Å². The molecule has 0 radical (unpaired) electrons. The molecule has 0 saturated heterocycles. The molecule has 0 unspecified atom stereocenters. The van der Waals surface area contributed by atoms with Crippen LogP contribution in [0, 0.1) is 6.92 Å². The van der Waals surface area contributed by atoms with E-state index in [2.05, 4.69) is 20.6 Å². The fourth-order valence-corrected chi connectivity index (χ4v) is 1.37. The molecular weight excluding hydrogens is 178 g/mol. The Balaban J connectivity index is 2.01. The van der Waals surface area contributed by atoms with E-state index in [1.165, 1.54) is 5.56 Å². The van der Waals surface area contributed by atoms with Gasteiger partial charge >= 0.3 is 0 Å². The van der Waals surface area contributed by atoms with Crippen molar-refractivity contribution in [2.45, 2.75) is 13.5 Å². The Labute approximate surface area is 82.1 Å². The molecule has 0 amide bonds. The summed E-state index contributed by atoms with van der Waals surface area (Å²) in [5.41, 5.74) is 3.26. The van der Waals surface area contributed by atoms with Crippen LogP contribution in [0.4, 0.5) is 5.69 Å². The van der Waals surface area contributed by atoms with E-state index in [4.69, 9.17) is 0 Å². The van der Waals surface area contributed by atoms with Gasteiger partial charge in [0.2, 0.25) is 0 Å². The summed E-state index contributed by atoms with van der Waals surface area (Å²) in [5, 5.41) is 14.1. The highest BCUT2D eigenvalue weighted by Crippen LogP contribution is 2.08. The van der Waals surface area contributed by atoms with Crippen LogP contribution in [0.25, 0.3) is 0 Å². The third-order valence-electron chi connectivity index (χ3n) is 2.10. The molecule has 0 spiro atoms. The lowest BCUT2D eigenvalue weighted by Crippen LogP contribution is -1.98. The van der Waals surface area contributed by atoms with Gasteiger partial charge < -0.3 is 5.32 Å². The zero-order valence-corrected chi connectivity index (χ0v) is 8.28. The number of H-pyrrole nitrogens is 1. The van der Waals surface area contributed by atoms with Crippen molar-refractivity contribution in [1.82, 2.24) is 20.0 Å². The van der Waals surface area contributed by atoms with Crippen LogP contribution in [0.3, 0.4) is 0 Å². The van der Waals surface area contributed by atoms with Gasteiger partial charge in [-0.2, -0.15) is 10.2 Å². The van der Waals surface area contributed by atoms with E-state index in [1.807, 2.05) is 31.0 Å². The number of aryl methyl sites for hydroxylation is 2. The van der Waals surface area contributed by atoms with Crippen LogP contribution in [-0.4, -0.2) is 20.0 Å². The molecule has 2 aromatic heterocycles. The molecule has 0 aliphatic rings. The van der Waals surface area contributed by atoms with Gasteiger partial charge in [-0.05, 0) is 6.92 Å². The van der Waals surface area contributed by atoms with E-state index in [9.17, 15) is 0 Å². The number of hydrogen-bond acceptors (Lipinski definition) is 3. The summed E-state index contributed by atoms with van der Waals surface area (Å²) in [7, 11) is 1.92. The SMILES string of the molecule is Cc1nn(C)cc1CNc1cn[nH]c1. The number of rotatable bonds is 3. The monoisotopic (exact) mass is 191 g/mol. The number of aromatic nitrogens is 4. The Hall–Kier alpha value is -1.78. The molecule has 0 atom stereocenters. The van der Waals surface area contributed by atoms with Crippen LogP contribution >= 0.6 is 0 Å². The van der Waals surface area contributed by atoms with E-state index in [0.29, 0.717) is 0 Å². The van der Waals surface area contributed by atoms with Gasteiger partial charge in [-0.1, -0.05) is 0 Å². The molecule has 0 aliphatic carbocycles. The van der Waals surface area contributed by atoms with Crippen LogP contribution in [0.1, 0.15) is 11.3 Å². The van der Waals surface area contributed by atoms with E-state index in [1.54, 1.807) is 6.20 Å². The zero-order valence-electron chi connectivity index (χ0n) is 8.28. The van der Waals surface area contributed by atoms with Gasteiger partial charge in [-0.15, -0.1) is 0 Å². The lowest BCUT2D eigenvalue weighted by Gasteiger charge is -2.00. The first-order valence-electron chi connectivity index (χ1n) is 4.47. The van der Waals surface area contributed by atoms with Crippen molar-refractivity contribution in [3.63, 3.8) is 0 Å². The first kappa shape index (κ1) is 8.80. The highest BCUT2D eigenvalue weighted by atomic mass is 15.3. The normalized spacial score (nSPS) is 10.4. The van der Waals surface area contributed by atoms with Crippen molar-refractivity contribution in [2.75, 3.05) is 5.32 Å². The summed E-state index contributed by atoms with van der Waals surface area (Å²) in [6, 6.07) is 0. The molecule has 14 heavy (non-hydrogen) atoms. The Morgan fingerprint density at radius 1 is 1.57 bits per heavy atom. The summed E-state index contributed by atoms with van der Waals surface area (Å²) in [4.78, 5) is 0. The predicted octanol–water partition coefficient (Wildman–Crippen LogP) is 1.06. The van der Waals surface area contributed by atoms with Crippen LogP contribution in [0.2, 0.25) is 0 Å². The highest BCUT2D eigenvalue weighted by Gasteiger charge is 2.02. The largest absolute Gasteiger partial charge is 0.378 e. The number of aromatic amines is 1. The van der Waals surface area contributed by atoms with Crippen LogP contribution in [0.15, 0.2) is 18.6 Å². The average molecular weight is 191 g/mol.